The largest absolute Gasteiger partial charge is 0.489 e. The molecule has 0 saturated heterocycles. The lowest BCUT2D eigenvalue weighted by molar-refractivity contribution is 0.0953. The van der Waals surface area contributed by atoms with Crippen LogP contribution in [0.4, 0.5) is 0 Å². The normalized spacial score (nSPS) is 10.8. The van der Waals surface area contributed by atoms with E-state index in [0.717, 1.165) is 33.1 Å². The van der Waals surface area contributed by atoms with Gasteiger partial charge < -0.3 is 15.0 Å². The number of nitrogens with one attached hydrogen (secondary N) is 2. The fourth-order valence-electron chi connectivity index (χ4n) is 3.25. The molecule has 5 heteroatoms. The zero-order valence-electron chi connectivity index (χ0n) is 15.8. The number of fused-ring (bicyclic) bond motifs is 1. The van der Waals surface area contributed by atoms with E-state index in [4.69, 9.17) is 4.74 Å². The fraction of sp³-hybridized carbons (Fsp3) is 0.125. The maximum atomic E-state index is 12.3. The van der Waals surface area contributed by atoms with Crippen molar-refractivity contribution >= 4 is 32.7 Å². The number of carbonyl (C=O) groups excluding carboxylic acids is 1. The number of ether oxygens (including phenoxy) is 1. The molecule has 0 radical (unpaired) electrons. The summed E-state index contributed by atoms with van der Waals surface area (Å²) >= 11 is 3.42. The Labute approximate surface area is 178 Å². The standard InChI is InChI=1S/C24H21BrN2O2/c25-22-9-5-4-8-21(22)24(28)26-13-12-18-15-27-23-14-19(10-11-20(18)23)29-16-17-6-2-1-3-7-17/h1-11,14-15,27H,12-13,16H2,(H,26,28). The molecule has 4 nitrogen and oxygen atoms in total. The third kappa shape index (κ3) is 4.69. The number of amides is 1. The van der Waals surface area contributed by atoms with Crippen LogP contribution in [0.25, 0.3) is 10.9 Å². The molecule has 0 unspecified atom stereocenters. The average Bonchev–Trinajstić information content (AvgIpc) is 3.15. The van der Waals surface area contributed by atoms with Crippen LogP contribution in [0.15, 0.2) is 83.5 Å². The van der Waals surface area contributed by atoms with Gasteiger partial charge in [0.2, 0.25) is 0 Å². The molecule has 0 bridgehead atoms. The number of hydrogen-bond acceptors (Lipinski definition) is 2. The van der Waals surface area contributed by atoms with Crippen LogP contribution < -0.4 is 10.1 Å². The summed E-state index contributed by atoms with van der Waals surface area (Å²) in [6, 6.07) is 23.6. The minimum absolute atomic E-state index is 0.0751. The highest BCUT2D eigenvalue weighted by atomic mass is 79.9. The fourth-order valence-corrected chi connectivity index (χ4v) is 3.72. The Morgan fingerprint density at radius 1 is 1.00 bits per heavy atom. The van der Waals surface area contributed by atoms with Crippen molar-refractivity contribution in [2.75, 3.05) is 6.54 Å². The lowest BCUT2D eigenvalue weighted by atomic mass is 10.1. The van der Waals surface area contributed by atoms with Crippen LogP contribution in [0.5, 0.6) is 5.75 Å². The molecule has 1 amide bonds. The average molecular weight is 449 g/mol. The summed E-state index contributed by atoms with van der Waals surface area (Å²) in [7, 11) is 0. The quantitative estimate of drug-likeness (QED) is 0.393. The van der Waals surface area contributed by atoms with Crippen molar-refractivity contribution < 1.29 is 9.53 Å². The molecule has 0 atom stereocenters. The highest BCUT2D eigenvalue weighted by Gasteiger charge is 2.10. The second kappa shape index (κ2) is 8.97. The first kappa shape index (κ1) is 19.3. The van der Waals surface area contributed by atoms with Crippen LogP contribution in [0.2, 0.25) is 0 Å². The van der Waals surface area contributed by atoms with Crippen LogP contribution in [0.3, 0.4) is 0 Å². The summed E-state index contributed by atoms with van der Waals surface area (Å²) in [6.45, 7) is 1.11. The van der Waals surface area contributed by atoms with Crippen LogP contribution in [0.1, 0.15) is 21.5 Å². The second-order valence-corrected chi connectivity index (χ2v) is 7.64. The Hall–Kier alpha value is -3.05. The molecule has 29 heavy (non-hydrogen) atoms. The first-order chi connectivity index (χ1) is 14.2. The number of H-pyrrole nitrogens is 1. The monoisotopic (exact) mass is 448 g/mol. The Morgan fingerprint density at radius 2 is 1.79 bits per heavy atom. The minimum atomic E-state index is -0.0751. The van der Waals surface area contributed by atoms with Gasteiger partial charge in [-0.05, 0) is 57.7 Å². The lowest BCUT2D eigenvalue weighted by Gasteiger charge is -2.07. The highest BCUT2D eigenvalue weighted by Crippen LogP contribution is 2.24. The topological polar surface area (TPSA) is 54.1 Å². The van der Waals surface area contributed by atoms with E-state index in [-0.39, 0.29) is 5.91 Å². The van der Waals surface area contributed by atoms with Gasteiger partial charge in [-0.3, -0.25) is 4.79 Å². The SMILES string of the molecule is O=C(NCCc1c[nH]c2cc(OCc3ccccc3)ccc12)c1ccccc1Br. The maximum absolute atomic E-state index is 12.3. The van der Waals surface area contributed by atoms with Gasteiger partial charge in [0.25, 0.3) is 5.91 Å². The number of hydrogen-bond donors (Lipinski definition) is 2. The molecule has 0 aliphatic heterocycles. The van der Waals surface area contributed by atoms with E-state index in [1.807, 2.05) is 72.9 Å². The summed E-state index contributed by atoms with van der Waals surface area (Å²) in [5, 5.41) is 4.13. The van der Waals surface area contributed by atoms with Gasteiger partial charge in [0.1, 0.15) is 12.4 Å². The van der Waals surface area contributed by atoms with E-state index in [1.54, 1.807) is 0 Å². The van der Waals surface area contributed by atoms with Crippen LogP contribution in [0, 0.1) is 0 Å². The summed E-state index contributed by atoms with van der Waals surface area (Å²) < 4.78 is 6.70. The van der Waals surface area contributed by atoms with E-state index in [9.17, 15) is 4.79 Å². The predicted molar refractivity (Wildman–Crippen MR) is 119 cm³/mol. The molecule has 146 valence electrons. The van der Waals surface area contributed by atoms with Crippen molar-refractivity contribution in [3.63, 3.8) is 0 Å². The molecule has 3 aromatic carbocycles. The third-order valence-corrected chi connectivity index (χ3v) is 5.48. The summed E-state index contributed by atoms with van der Waals surface area (Å²) in [4.78, 5) is 15.6. The predicted octanol–water partition coefficient (Wildman–Crippen LogP) is 5.48. The molecule has 0 spiro atoms. The molecule has 2 N–H and O–H groups in total. The van der Waals surface area contributed by atoms with Gasteiger partial charge in [-0.2, -0.15) is 0 Å². The Kier molecular flexibility index (Phi) is 5.96. The molecular weight excluding hydrogens is 428 g/mol. The molecular formula is C24H21BrN2O2. The second-order valence-electron chi connectivity index (χ2n) is 6.78. The van der Waals surface area contributed by atoms with Crippen LogP contribution >= 0.6 is 15.9 Å². The van der Waals surface area contributed by atoms with Gasteiger partial charge >= 0.3 is 0 Å². The highest BCUT2D eigenvalue weighted by molar-refractivity contribution is 9.10. The van der Waals surface area contributed by atoms with Gasteiger partial charge in [0.05, 0.1) is 5.56 Å². The molecule has 1 heterocycles. The Morgan fingerprint density at radius 3 is 2.62 bits per heavy atom. The first-order valence-electron chi connectivity index (χ1n) is 9.50. The van der Waals surface area contributed by atoms with Crippen molar-refractivity contribution in [1.29, 1.82) is 0 Å². The minimum Gasteiger partial charge on any atom is -0.489 e. The summed E-state index contributed by atoms with van der Waals surface area (Å²) in [5.41, 5.74) is 3.98. The van der Waals surface area contributed by atoms with Gasteiger partial charge in [0.15, 0.2) is 0 Å². The zero-order valence-corrected chi connectivity index (χ0v) is 17.4. The zero-order chi connectivity index (χ0) is 20.1. The summed E-state index contributed by atoms with van der Waals surface area (Å²) in [6.07, 6.45) is 2.75. The van der Waals surface area contributed by atoms with Gasteiger partial charge in [-0.15, -0.1) is 0 Å². The lowest BCUT2D eigenvalue weighted by Crippen LogP contribution is -2.25. The van der Waals surface area contributed by atoms with E-state index in [1.165, 1.54) is 5.56 Å². The van der Waals surface area contributed by atoms with Crippen LogP contribution in [-0.2, 0) is 13.0 Å². The van der Waals surface area contributed by atoms with Gasteiger partial charge in [-0.1, -0.05) is 42.5 Å². The van der Waals surface area contributed by atoms with E-state index in [0.29, 0.717) is 18.7 Å². The molecule has 0 aliphatic carbocycles. The molecule has 0 fully saturated rings. The Bertz CT molecular complexity index is 1120. The number of aromatic nitrogens is 1. The number of aromatic amines is 1. The van der Waals surface area contributed by atoms with Crippen molar-refractivity contribution in [2.45, 2.75) is 13.0 Å². The molecule has 4 aromatic rings. The number of halogens is 1. The number of carbonyl (C=O) groups is 1. The Balaban J connectivity index is 1.36. The van der Waals surface area contributed by atoms with E-state index in [2.05, 4.69) is 32.3 Å². The maximum Gasteiger partial charge on any atom is 0.252 e. The number of rotatable bonds is 7. The van der Waals surface area contributed by atoms with E-state index >= 15 is 0 Å². The number of benzene rings is 3. The molecule has 1 aromatic heterocycles. The van der Waals surface area contributed by atoms with Crippen molar-refractivity contribution in [3.8, 4) is 5.75 Å². The van der Waals surface area contributed by atoms with Gasteiger partial charge in [0, 0.05) is 34.2 Å². The van der Waals surface area contributed by atoms with Crippen molar-refractivity contribution in [3.05, 3.63) is 100 Å². The smallest absolute Gasteiger partial charge is 0.252 e. The van der Waals surface area contributed by atoms with Crippen LogP contribution in [-0.4, -0.2) is 17.4 Å². The van der Waals surface area contributed by atoms with Crippen molar-refractivity contribution in [1.82, 2.24) is 10.3 Å². The van der Waals surface area contributed by atoms with E-state index < -0.39 is 0 Å². The molecule has 4 rings (SSSR count). The third-order valence-electron chi connectivity index (χ3n) is 4.79. The molecule has 0 saturated carbocycles. The summed E-state index contributed by atoms with van der Waals surface area (Å²) in [5.74, 6) is 0.755. The first-order valence-corrected chi connectivity index (χ1v) is 10.3. The van der Waals surface area contributed by atoms with Crippen molar-refractivity contribution in [2.24, 2.45) is 0 Å². The molecule has 0 aliphatic rings. The van der Waals surface area contributed by atoms with Gasteiger partial charge in [-0.25, -0.2) is 0 Å².